The summed E-state index contributed by atoms with van der Waals surface area (Å²) in [6.45, 7) is 16.3. The van der Waals surface area contributed by atoms with Crippen LogP contribution in [-0.2, 0) is 0 Å². The molecule has 0 aliphatic heterocycles. The molecule has 2 aromatic carbocycles. The maximum atomic E-state index is 3.63. The van der Waals surface area contributed by atoms with Gasteiger partial charge < -0.3 is 10.6 Å². The summed E-state index contributed by atoms with van der Waals surface area (Å²) in [6, 6.07) is 17.5. The van der Waals surface area contributed by atoms with Crippen LogP contribution < -0.4 is 21.0 Å². The second kappa shape index (κ2) is 7.57. The fourth-order valence-electron chi connectivity index (χ4n) is 2.98. The summed E-state index contributed by atoms with van der Waals surface area (Å²) >= 11 is 0. The molecule has 0 radical (unpaired) electrons. The third kappa shape index (κ3) is 4.98. The van der Waals surface area contributed by atoms with Gasteiger partial charge in [0.05, 0.1) is 16.1 Å². The first-order chi connectivity index (χ1) is 11.2. The molecule has 0 aliphatic rings. The minimum absolute atomic E-state index is 0.932. The minimum Gasteiger partial charge on any atom is -0.383 e. The molecule has 24 heavy (non-hydrogen) atoms. The van der Waals surface area contributed by atoms with Crippen LogP contribution in [0.1, 0.15) is 0 Å². The Hall–Kier alpha value is -1.53. The number of anilines is 2. The topological polar surface area (TPSA) is 24.1 Å². The molecular formula is C20H32N2Si2. The highest BCUT2D eigenvalue weighted by molar-refractivity contribution is 6.90. The minimum atomic E-state index is -1.31. The molecule has 0 amide bonds. The third-order valence-corrected chi connectivity index (χ3v) is 8.33. The van der Waals surface area contributed by atoms with Gasteiger partial charge in [-0.1, -0.05) is 75.7 Å². The number of rotatable bonds is 7. The zero-order valence-electron chi connectivity index (χ0n) is 16.0. The lowest BCUT2D eigenvalue weighted by Crippen LogP contribution is -2.40. The van der Waals surface area contributed by atoms with Gasteiger partial charge in [-0.15, -0.1) is 0 Å². The van der Waals surface area contributed by atoms with E-state index >= 15 is 0 Å². The largest absolute Gasteiger partial charge is 0.383 e. The molecule has 0 bridgehead atoms. The number of nitrogens with one attached hydrogen (secondary N) is 2. The first-order valence-corrected chi connectivity index (χ1v) is 15.9. The monoisotopic (exact) mass is 356 g/mol. The van der Waals surface area contributed by atoms with Crippen molar-refractivity contribution in [2.75, 3.05) is 23.7 Å². The fraction of sp³-hybridized carbons (Fsp3) is 0.400. The van der Waals surface area contributed by atoms with Crippen LogP contribution in [0.4, 0.5) is 11.4 Å². The molecule has 2 nitrogen and oxygen atoms in total. The van der Waals surface area contributed by atoms with Gasteiger partial charge in [-0.2, -0.15) is 0 Å². The molecule has 0 saturated carbocycles. The molecule has 0 aromatic heterocycles. The predicted molar refractivity (Wildman–Crippen MR) is 116 cm³/mol. The van der Waals surface area contributed by atoms with Crippen LogP contribution in [-0.4, -0.2) is 29.2 Å². The first-order valence-electron chi connectivity index (χ1n) is 8.86. The van der Waals surface area contributed by atoms with E-state index in [9.17, 15) is 0 Å². The maximum absolute atomic E-state index is 3.63. The normalized spacial score (nSPS) is 12.1. The van der Waals surface area contributed by atoms with Crippen LogP contribution in [0.25, 0.3) is 0 Å². The van der Waals surface area contributed by atoms with E-state index in [1.54, 1.807) is 0 Å². The number of para-hydroxylation sites is 2. The Labute approximate surface area is 149 Å². The van der Waals surface area contributed by atoms with Crippen LogP contribution in [0.3, 0.4) is 0 Å². The second-order valence-corrected chi connectivity index (χ2v) is 18.5. The smallest absolute Gasteiger partial charge is 0.0803 e. The molecular weight excluding hydrogens is 324 g/mol. The van der Waals surface area contributed by atoms with Crippen molar-refractivity contribution in [3.8, 4) is 0 Å². The van der Waals surface area contributed by atoms with E-state index in [0.717, 1.165) is 13.1 Å². The summed E-state index contributed by atoms with van der Waals surface area (Å²) in [7, 11) is -2.63. The molecule has 0 aliphatic carbocycles. The Morgan fingerprint density at radius 1 is 0.583 bits per heavy atom. The Morgan fingerprint density at radius 3 is 1.25 bits per heavy atom. The van der Waals surface area contributed by atoms with Crippen molar-refractivity contribution in [1.82, 2.24) is 0 Å². The Morgan fingerprint density at radius 2 is 0.917 bits per heavy atom. The van der Waals surface area contributed by atoms with Crippen molar-refractivity contribution < 1.29 is 0 Å². The molecule has 0 spiro atoms. The standard InChI is InChI=1S/C20H32N2Si2/c1-23(2,3)19-13-9-7-11-17(19)21-15-16-22-18-12-8-10-14-20(18)24(4,5)6/h7-14,21-22H,15-16H2,1-6H3. The molecule has 130 valence electrons. The Bertz CT molecular complexity index is 610. The molecule has 2 N–H and O–H groups in total. The average Bonchev–Trinajstić information content (AvgIpc) is 2.50. The van der Waals surface area contributed by atoms with Crippen LogP contribution in [0.15, 0.2) is 48.5 Å². The lowest BCUT2D eigenvalue weighted by atomic mass is 10.3. The van der Waals surface area contributed by atoms with E-state index in [1.165, 1.54) is 21.7 Å². The Balaban J connectivity index is 1.98. The van der Waals surface area contributed by atoms with Gasteiger partial charge in [0.1, 0.15) is 0 Å². The zero-order valence-corrected chi connectivity index (χ0v) is 18.0. The molecule has 0 heterocycles. The van der Waals surface area contributed by atoms with Gasteiger partial charge in [0.25, 0.3) is 0 Å². The molecule has 0 atom stereocenters. The average molecular weight is 357 g/mol. The number of hydrogen-bond acceptors (Lipinski definition) is 2. The molecule has 0 unspecified atom stereocenters. The first kappa shape index (κ1) is 18.8. The van der Waals surface area contributed by atoms with Crippen molar-refractivity contribution in [1.29, 1.82) is 0 Å². The molecule has 4 heteroatoms. The molecule has 2 rings (SSSR count). The fourth-order valence-corrected chi connectivity index (χ4v) is 6.13. The third-order valence-electron chi connectivity index (χ3n) is 4.23. The van der Waals surface area contributed by atoms with Gasteiger partial charge in [-0.05, 0) is 22.5 Å². The summed E-state index contributed by atoms with van der Waals surface area (Å²) in [4.78, 5) is 0. The molecule has 2 aromatic rings. The lowest BCUT2D eigenvalue weighted by molar-refractivity contribution is 1.08. The van der Waals surface area contributed by atoms with Crippen LogP contribution in [0, 0.1) is 0 Å². The van der Waals surface area contributed by atoms with E-state index < -0.39 is 16.1 Å². The van der Waals surface area contributed by atoms with Crippen molar-refractivity contribution in [2.45, 2.75) is 39.3 Å². The van der Waals surface area contributed by atoms with Crippen LogP contribution >= 0.6 is 0 Å². The second-order valence-electron chi connectivity index (χ2n) is 8.44. The van der Waals surface area contributed by atoms with E-state index in [4.69, 9.17) is 0 Å². The number of hydrogen-bond donors (Lipinski definition) is 2. The molecule has 0 saturated heterocycles. The zero-order chi connectivity index (χ0) is 17.8. The van der Waals surface area contributed by atoms with Crippen molar-refractivity contribution >= 4 is 37.9 Å². The van der Waals surface area contributed by atoms with Crippen LogP contribution in [0.5, 0.6) is 0 Å². The maximum Gasteiger partial charge on any atom is 0.0803 e. The van der Waals surface area contributed by atoms with Crippen LogP contribution in [0.2, 0.25) is 39.3 Å². The van der Waals surface area contributed by atoms with Crippen molar-refractivity contribution in [3.05, 3.63) is 48.5 Å². The Kier molecular flexibility index (Phi) is 5.94. The summed E-state index contributed by atoms with van der Waals surface area (Å²) in [5.74, 6) is 0. The molecule has 0 fully saturated rings. The highest BCUT2D eigenvalue weighted by Gasteiger charge is 2.20. The van der Waals surface area contributed by atoms with Crippen molar-refractivity contribution in [2.24, 2.45) is 0 Å². The summed E-state index contributed by atoms with van der Waals surface area (Å²) in [5, 5.41) is 10.3. The highest BCUT2D eigenvalue weighted by Crippen LogP contribution is 2.13. The van der Waals surface area contributed by atoms with E-state index in [-0.39, 0.29) is 0 Å². The summed E-state index contributed by atoms with van der Waals surface area (Å²) in [6.07, 6.45) is 0. The van der Waals surface area contributed by atoms with E-state index in [0.29, 0.717) is 0 Å². The van der Waals surface area contributed by atoms with Gasteiger partial charge >= 0.3 is 0 Å². The number of benzene rings is 2. The quantitative estimate of drug-likeness (QED) is 0.571. The lowest BCUT2D eigenvalue weighted by Gasteiger charge is -2.23. The SMILES string of the molecule is C[Si](C)(C)c1ccccc1NCCNc1ccccc1[Si](C)(C)C. The predicted octanol–water partition coefficient (Wildman–Crippen LogP) is 4.30. The highest BCUT2D eigenvalue weighted by atomic mass is 28.3. The van der Waals surface area contributed by atoms with Gasteiger partial charge in [-0.25, -0.2) is 0 Å². The van der Waals surface area contributed by atoms with Gasteiger partial charge in [0.2, 0.25) is 0 Å². The van der Waals surface area contributed by atoms with Gasteiger partial charge in [0.15, 0.2) is 0 Å². The summed E-state index contributed by atoms with van der Waals surface area (Å²) in [5.41, 5.74) is 2.61. The van der Waals surface area contributed by atoms with Gasteiger partial charge in [0, 0.05) is 24.5 Å². The van der Waals surface area contributed by atoms with Crippen molar-refractivity contribution in [3.63, 3.8) is 0 Å². The summed E-state index contributed by atoms with van der Waals surface area (Å²) < 4.78 is 0. The van der Waals surface area contributed by atoms with Gasteiger partial charge in [-0.3, -0.25) is 0 Å². The van der Waals surface area contributed by atoms with E-state index in [1.807, 2.05) is 0 Å². The van der Waals surface area contributed by atoms with E-state index in [2.05, 4.69) is 98.4 Å².